The number of carbonyl (C=O) groups is 1. The number of aliphatic carboxylic acids is 1. The van der Waals surface area contributed by atoms with Gasteiger partial charge in [-0.05, 0) is 6.92 Å². The highest BCUT2D eigenvalue weighted by molar-refractivity contribution is 5.64. The van der Waals surface area contributed by atoms with E-state index in [2.05, 4.69) is 5.01 Å². The Hall–Kier alpha value is -0.610. The lowest BCUT2D eigenvalue weighted by Gasteiger charge is -2.35. The zero-order chi connectivity index (χ0) is 9.78. The van der Waals surface area contributed by atoms with Gasteiger partial charge in [-0.25, -0.2) is 0 Å². The van der Waals surface area contributed by atoms with Gasteiger partial charge in [0.25, 0.3) is 0 Å². The van der Waals surface area contributed by atoms with E-state index in [-0.39, 0.29) is 6.42 Å². The minimum Gasteiger partial charge on any atom is -0.550 e. The topological polar surface area (TPSA) is 43.4 Å². The molecule has 0 spiro atoms. The number of quaternary nitrogens is 1. The molecule has 0 atom stereocenters. The Morgan fingerprint density at radius 1 is 1.42 bits per heavy atom. The first-order valence-electron chi connectivity index (χ1n) is 4.14. The molecule has 0 rings (SSSR count). The average Bonchev–Trinajstić information content (AvgIpc) is 1.85. The van der Waals surface area contributed by atoms with E-state index in [1.165, 1.54) is 0 Å². The highest BCUT2D eigenvalue weighted by atomic mass is 16.4. The molecule has 0 aromatic heterocycles. The molecule has 0 N–H and O–H groups in total. The van der Waals surface area contributed by atoms with Crippen molar-refractivity contribution < 1.29 is 14.5 Å². The van der Waals surface area contributed by atoms with E-state index in [4.69, 9.17) is 0 Å². The number of hydrogen-bond donors (Lipinski definition) is 0. The predicted molar refractivity (Wildman–Crippen MR) is 44.9 cm³/mol. The molecule has 0 unspecified atom stereocenters. The van der Waals surface area contributed by atoms with Gasteiger partial charge in [-0.1, -0.05) is 0 Å². The number of hydrogen-bond acceptors (Lipinski definition) is 3. The molecule has 0 aliphatic rings. The van der Waals surface area contributed by atoms with Crippen molar-refractivity contribution in [3.8, 4) is 0 Å². The first-order chi connectivity index (χ1) is 5.38. The Kier molecular flexibility index (Phi) is 4.20. The van der Waals surface area contributed by atoms with Crippen LogP contribution in [0.25, 0.3) is 0 Å². The molecule has 4 nitrogen and oxygen atoms in total. The molecule has 0 fully saturated rings. The predicted octanol–water partition coefficient (Wildman–Crippen LogP) is -0.930. The molecule has 0 amide bonds. The van der Waals surface area contributed by atoms with Gasteiger partial charge < -0.3 is 9.90 Å². The van der Waals surface area contributed by atoms with Crippen molar-refractivity contribution in [3.05, 3.63) is 0 Å². The SMILES string of the molecule is CCN(CCC(=O)[O-])[N+](C)(C)C. The van der Waals surface area contributed by atoms with Gasteiger partial charge in [0.1, 0.15) is 0 Å². The molecule has 0 radical (unpaired) electrons. The molecule has 0 saturated heterocycles. The third kappa shape index (κ3) is 4.31. The maximum absolute atomic E-state index is 10.2. The maximum Gasteiger partial charge on any atom is 0.0855 e. The second kappa shape index (κ2) is 4.42. The molecular weight excluding hydrogens is 156 g/mol. The maximum atomic E-state index is 10.2. The van der Waals surface area contributed by atoms with Crippen LogP contribution in [-0.2, 0) is 4.79 Å². The second-order valence-corrected chi connectivity index (χ2v) is 3.61. The summed E-state index contributed by atoms with van der Waals surface area (Å²) >= 11 is 0. The molecule has 0 saturated carbocycles. The number of carboxylic acid groups (broad SMARTS) is 1. The second-order valence-electron chi connectivity index (χ2n) is 3.61. The molecule has 0 bridgehead atoms. The highest BCUT2D eigenvalue weighted by Crippen LogP contribution is 2.01. The van der Waals surface area contributed by atoms with Gasteiger partial charge in [0.05, 0.1) is 27.7 Å². The summed E-state index contributed by atoms with van der Waals surface area (Å²) in [5, 5.41) is 12.3. The standard InChI is InChI=1S/C8H18N2O2/c1-5-9(10(2,3)4)7-6-8(11)12/h5-7H2,1-4H3. The number of carbonyl (C=O) groups excluding carboxylic acids is 1. The first kappa shape index (κ1) is 11.4. The summed E-state index contributed by atoms with van der Waals surface area (Å²) in [6.07, 6.45) is 0.101. The van der Waals surface area contributed by atoms with E-state index in [0.717, 1.165) is 6.54 Å². The van der Waals surface area contributed by atoms with E-state index in [1.54, 1.807) is 0 Å². The Bertz CT molecular complexity index is 152. The Balaban J connectivity index is 3.92. The van der Waals surface area contributed by atoms with Gasteiger partial charge in [0, 0.05) is 18.9 Å². The summed E-state index contributed by atoms with van der Waals surface area (Å²) in [6, 6.07) is 0. The molecule has 12 heavy (non-hydrogen) atoms. The Morgan fingerprint density at radius 2 is 1.92 bits per heavy atom. The average molecular weight is 174 g/mol. The van der Waals surface area contributed by atoms with E-state index in [0.29, 0.717) is 11.1 Å². The van der Waals surface area contributed by atoms with Gasteiger partial charge in [-0.3, -0.25) is 4.59 Å². The smallest absolute Gasteiger partial charge is 0.0855 e. The van der Waals surface area contributed by atoms with Crippen LogP contribution in [0.5, 0.6) is 0 Å². The molecule has 0 aromatic rings. The molecule has 72 valence electrons. The van der Waals surface area contributed by atoms with Gasteiger partial charge >= 0.3 is 0 Å². The number of carboxylic acids is 1. The fourth-order valence-corrected chi connectivity index (χ4v) is 1.10. The molecule has 0 aliphatic carbocycles. The van der Waals surface area contributed by atoms with Crippen LogP contribution in [0.15, 0.2) is 0 Å². The van der Waals surface area contributed by atoms with Crippen LogP contribution in [-0.4, -0.2) is 49.8 Å². The van der Waals surface area contributed by atoms with Crippen molar-refractivity contribution in [3.63, 3.8) is 0 Å². The van der Waals surface area contributed by atoms with Crippen LogP contribution in [0.2, 0.25) is 0 Å². The highest BCUT2D eigenvalue weighted by Gasteiger charge is 2.17. The molecule has 0 aliphatic heterocycles. The summed E-state index contributed by atoms with van der Waals surface area (Å²) < 4.78 is 0.657. The fraction of sp³-hybridized carbons (Fsp3) is 0.875. The summed E-state index contributed by atoms with van der Waals surface area (Å²) in [6.45, 7) is 3.40. The molecule has 0 aromatic carbocycles. The first-order valence-corrected chi connectivity index (χ1v) is 4.14. The number of nitrogens with zero attached hydrogens (tertiary/aromatic N) is 2. The zero-order valence-electron chi connectivity index (χ0n) is 8.33. The van der Waals surface area contributed by atoms with E-state index in [9.17, 15) is 9.90 Å². The number of rotatable bonds is 5. The fourth-order valence-electron chi connectivity index (χ4n) is 1.10. The van der Waals surface area contributed by atoms with Gasteiger partial charge in [0.15, 0.2) is 0 Å². The quantitative estimate of drug-likeness (QED) is 0.399. The molecule has 0 heterocycles. The Labute approximate surface area is 73.9 Å². The van der Waals surface area contributed by atoms with E-state index >= 15 is 0 Å². The third-order valence-corrected chi connectivity index (χ3v) is 1.79. The van der Waals surface area contributed by atoms with Crippen LogP contribution in [0.4, 0.5) is 0 Å². The van der Waals surface area contributed by atoms with Crippen LogP contribution >= 0.6 is 0 Å². The van der Waals surface area contributed by atoms with Crippen molar-refractivity contribution in [1.29, 1.82) is 0 Å². The van der Waals surface area contributed by atoms with Crippen molar-refractivity contribution >= 4 is 5.97 Å². The van der Waals surface area contributed by atoms with Gasteiger partial charge in [-0.2, -0.15) is 5.01 Å². The van der Waals surface area contributed by atoms with Crippen molar-refractivity contribution in [1.82, 2.24) is 5.01 Å². The van der Waals surface area contributed by atoms with Crippen molar-refractivity contribution in [2.75, 3.05) is 34.2 Å². The van der Waals surface area contributed by atoms with Crippen molar-refractivity contribution in [2.45, 2.75) is 13.3 Å². The summed E-state index contributed by atoms with van der Waals surface area (Å²) in [7, 11) is 6.04. The summed E-state index contributed by atoms with van der Waals surface area (Å²) in [4.78, 5) is 10.2. The van der Waals surface area contributed by atoms with Gasteiger partial charge in [0.2, 0.25) is 0 Å². The largest absolute Gasteiger partial charge is 0.550 e. The lowest BCUT2D eigenvalue weighted by Crippen LogP contribution is -2.52. The Morgan fingerprint density at radius 3 is 2.17 bits per heavy atom. The molecular formula is C8H18N2O2. The van der Waals surface area contributed by atoms with Gasteiger partial charge in [-0.15, -0.1) is 0 Å². The monoisotopic (exact) mass is 174 g/mol. The normalized spacial score (nSPS) is 12.1. The summed E-state index contributed by atoms with van der Waals surface area (Å²) in [5.41, 5.74) is 0. The minimum absolute atomic E-state index is 0.101. The lowest BCUT2D eigenvalue weighted by atomic mass is 10.4. The van der Waals surface area contributed by atoms with Crippen LogP contribution in [0.1, 0.15) is 13.3 Å². The molecule has 4 heteroatoms. The van der Waals surface area contributed by atoms with E-state index < -0.39 is 5.97 Å². The van der Waals surface area contributed by atoms with E-state index in [1.807, 2.05) is 28.1 Å². The minimum atomic E-state index is -0.984. The van der Waals surface area contributed by atoms with Crippen LogP contribution in [0.3, 0.4) is 0 Å². The van der Waals surface area contributed by atoms with Crippen molar-refractivity contribution in [2.24, 2.45) is 0 Å². The third-order valence-electron chi connectivity index (χ3n) is 1.79. The van der Waals surface area contributed by atoms with Crippen LogP contribution in [0, 0.1) is 0 Å². The summed E-state index contributed by atoms with van der Waals surface area (Å²) in [5.74, 6) is -0.984. The van der Waals surface area contributed by atoms with Crippen LogP contribution < -0.4 is 5.11 Å². The zero-order valence-corrected chi connectivity index (χ0v) is 8.33. The lowest BCUT2D eigenvalue weighted by molar-refractivity contribution is -0.986.